The molecule has 12 heteroatoms. The quantitative estimate of drug-likeness (QED) is 0.452. The van der Waals surface area contributed by atoms with Crippen LogP contribution in [0.5, 0.6) is 11.5 Å². The van der Waals surface area contributed by atoms with Gasteiger partial charge in [0.25, 0.3) is 20.0 Å². The van der Waals surface area contributed by atoms with E-state index in [2.05, 4.69) is 9.44 Å². The number of hydrogen-bond donors (Lipinski definition) is 2. The number of ether oxygens (including phenoxy) is 2. The summed E-state index contributed by atoms with van der Waals surface area (Å²) in [7, 11) is -5.02. The molecule has 32 heavy (non-hydrogen) atoms. The summed E-state index contributed by atoms with van der Waals surface area (Å²) in [6.45, 7) is 0. The van der Waals surface area contributed by atoms with Crippen LogP contribution in [0.3, 0.4) is 0 Å². The molecule has 0 atom stereocenters. The van der Waals surface area contributed by atoms with E-state index in [0.29, 0.717) is 11.5 Å². The smallest absolute Gasteiger partial charge is 0.261 e. The molecule has 0 heterocycles. The number of anilines is 2. The predicted molar refractivity (Wildman–Crippen MR) is 124 cm³/mol. The minimum absolute atomic E-state index is 0.0140. The number of halogens is 2. The predicted octanol–water partition coefficient (Wildman–Crippen LogP) is 4.61. The molecule has 0 unspecified atom stereocenters. The Hall–Kier alpha value is -2.66. The lowest BCUT2D eigenvalue weighted by atomic mass is 10.3. The monoisotopic (exact) mass is 516 g/mol. The average molecular weight is 517 g/mol. The highest BCUT2D eigenvalue weighted by Gasteiger charge is 2.21. The first-order valence-electron chi connectivity index (χ1n) is 8.89. The number of sulfonamides is 2. The van der Waals surface area contributed by atoms with Gasteiger partial charge in [-0.25, -0.2) is 16.8 Å². The van der Waals surface area contributed by atoms with Gasteiger partial charge in [-0.15, -0.1) is 0 Å². The molecule has 0 aliphatic rings. The zero-order valence-corrected chi connectivity index (χ0v) is 19.9. The summed E-state index contributed by atoms with van der Waals surface area (Å²) in [5, 5.41) is -0.336. The van der Waals surface area contributed by atoms with Crippen LogP contribution in [0.15, 0.2) is 70.5 Å². The number of benzene rings is 3. The zero-order chi connectivity index (χ0) is 23.5. The minimum Gasteiger partial charge on any atom is -0.497 e. The number of nitrogens with one attached hydrogen (secondary N) is 2. The van der Waals surface area contributed by atoms with Gasteiger partial charge in [0.15, 0.2) is 0 Å². The average Bonchev–Trinajstić information content (AvgIpc) is 2.79. The summed E-state index contributed by atoms with van der Waals surface area (Å²) in [4.78, 5) is -0.0375. The van der Waals surface area contributed by atoms with Crippen LogP contribution in [0.1, 0.15) is 0 Å². The van der Waals surface area contributed by atoms with Crippen molar-refractivity contribution >= 4 is 54.6 Å². The molecule has 0 fully saturated rings. The molecule has 0 bridgehead atoms. The van der Waals surface area contributed by atoms with E-state index in [1.54, 1.807) is 0 Å². The minimum atomic E-state index is -3.97. The summed E-state index contributed by atoms with van der Waals surface area (Å²) in [5.74, 6) is 0.997. The van der Waals surface area contributed by atoms with E-state index < -0.39 is 20.0 Å². The second-order valence-electron chi connectivity index (χ2n) is 6.35. The molecule has 0 saturated carbocycles. The van der Waals surface area contributed by atoms with Crippen molar-refractivity contribution < 1.29 is 26.3 Å². The third kappa shape index (κ3) is 5.21. The second-order valence-corrected chi connectivity index (χ2v) is 10.5. The largest absolute Gasteiger partial charge is 0.497 e. The lowest BCUT2D eigenvalue weighted by Crippen LogP contribution is -2.15. The van der Waals surface area contributed by atoms with Crippen molar-refractivity contribution in [2.75, 3.05) is 23.7 Å². The van der Waals surface area contributed by atoms with Gasteiger partial charge >= 0.3 is 0 Å². The van der Waals surface area contributed by atoms with E-state index in [-0.39, 0.29) is 31.2 Å². The van der Waals surface area contributed by atoms with Crippen LogP contribution in [0.4, 0.5) is 11.4 Å². The van der Waals surface area contributed by atoms with Crippen LogP contribution < -0.4 is 18.9 Å². The number of methoxy groups -OCH3 is 2. The molecule has 3 rings (SSSR count). The van der Waals surface area contributed by atoms with Crippen LogP contribution in [-0.2, 0) is 20.0 Å². The van der Waals surface area contributed by atoms with Crippen molar-refractivity contribution in [2.24, 2.45) is 0 Å². The van der Waals surface area contributed by atoms with Gasteiger partial charge < -0.3 is 9.47 Å². The highest BCUT2D eigenvalue weighted by Crippen LogP contribution is 2.38. The first kappa shape index (κ1) is 24.0. The van der Waals surface area contributed by atoms with Crippen LogP contribution in [0.25, 0.3) is 0 Å². The van der Waals surface area contributed by atoms with Gasteiger partial charge in [-0.2, -0.15) is 0 Å². The van der Waals surface area contributed by atoms with Crippen LogP contribution in [-0.4, -0.2) is 31.1 Å². The fourth-order valence-electron chi connectivity index (χ4n) is 2.62. The molecule has 0 aromatic heterocycles. The fourth-order valence-corrected chi connectivity index (χ4v) is 5.30. The van der Waals surface area contributed by atoms with Crippen LogP contribution in [0, 0.1) is 0 Å². The Labute approximate surface area is 196 Å². The van der Waals surface area contributed by atoms with E-state index >= 15 is 0 Å². The number of rotatable bonds is 8. The Morgan fingerprint density at radius 1 is 0.594 bits per heavy atom. The van der Waals surface area contributed by atoms with Gasteiger partial charge in [0.2, 0.25) is 0 Å². The Morgan fingerprint density at radius 3 is 1.19 bits per heavy atom. The molecular weight excluding hydrogens is 499 g/mol. The molecule has 170 valence electrons. The topological polar surface area (TPSA) is 111 Å². The Kier molecular flexibility index (Phi) is 7.09. The van der Waals surface area contributed by atoms with E-state index in [1.807, 2.05) is 0 Å². The molecule has 0 aliphatic heterocycles. The number of hydrogen-bond acceptors (Lipinski definition) is 6. The van der Waals surface area contributed by atoms with Gasteiger partial charge in [-0.05, 0) is 60.7 Å². The Balaban J connectivity index is 1.85. The van der Waals surface area contributed by atoms with Crippen molar-refractivity contribution in [2.45, 2.75) is 9.79 Å². The lowest BCUT2D eigenvalue weighted by molar-refractivity contribution is 0.414. The maximum Gasteiger partial charge on any atom is 0.261 e. The molecule has 0 amide bonds. The summed E-state index contributed by atoms with van der Waals surface area (Å²) in [5.41, 5.74) is -0.0280. The Morgan fingerprint density at radius 2 is 0.906 bits per heavy atom. The molecule has 8 nitrogen and oxygen atoms in total. The summed E-state index contributed by atoms with van der Waals surface area (Å²) in [6, 6.07) is 14.1. The lowest BCUT2D eigenvalue weighted by Gasteiger charge is -2.15. The van der Waals surface area contributed by atoms with Gasteiger partial charge in [0.1, 0.15) is 11.5 Å². The maximum atomic E-state index is 12.6. The second kappa shape index (κ2) is 9.45. The fraction of sp³-hybridized carbons (Fsp3) is 0.100. The maximum absolute atomic E-state index is 12.6. The zero-order valence-electron chi connectivity index (χ0n) is 16.8. The van der Waals surface area contributed by atoms with Crippen molar-refractivity contribution in [3.05, 3.63) is 70.7 Å². The van der Waals surface area contributed by atoms with Gasteiger partial charge in [0, 0.05) is 0 Å². The van der Waals surface area contributed by atoms with Crippen molar-refractivity contribution in [1.82, 2.24) is 0 Å². The Bertz CT molecular complexity index is 1220. The molecule has 3 aromatic rings. The molecule has 0 saturated heterocycles. The van der Waals surface area contributed by atoms with Crippen LogP contribution >= 0.6 is 23.2 Å². The molecule has 3 aromatic carbocycles. The third-order valence-corrected chi connectivity index (χ3v) is 7.96. The molecular formula is C20H18Cl2N2O6S2. The summed E-state index contributed by atoms with van der Waals surface area (Å²) < 4.78 is 65.3. The first-order chi connectivity index (χ1) is 15.1. The van der Waals surface area contributed by atoms with Crippen molar-refractivity contribution in [1.29, 1.82) is 0 Å². The van der Waals surface area contributed by atoms with E-state index in [9.17, 15) is 16.8 Å². The third-order valence-electron chi connectivity index (χ3n) is 4.31. The van der Waals surface area contributed by atoms with E-state index in [1.165, 1.54) is 74.9 Å². The normalized spacial score (nSPS) is 11.6. The van der Waals surface area contributed by atoms with Gasteiger partial charge in [-0.1, -0.05) is 23.2 Å². The highest BCUT2D eigenvalue weighted by atomic mass is 35.5. The molecule has 0 spiro atoms. The van der Waals surface area contributed by atoms with Gasteiger partial charge in [-0.3, -0.25) is 9.44 Å². The molecule has 0 aliphatic carbocycles. The van der Waals surface area contributed by atoms with Crippen LogP contribution in [0.2, 0.25) is 10.0 Å². The van der Waals surface area contributed by atoms with E-state index in [4.69, 9.17) is 32.7 Å². The van der Waals surface area contributed by atoms with Crippen molar-refractivity contribution in [3.8, 4) is 11.5 Å². The summed E-state index contributed by atoms with van der Waals surface area (Å²) in [6.07, 6.45) is 0. The molecule has 0 radical (unpaired) electrons. The summed E-state index contributed by atoms with van der Waals surface area (Å²) >= 11 is 12.4. The van der Waals surface area contributed by atoms with Gasteiger partial charge in [0.05, 0.1) is 45.4 Å². The van der Waals surface area contributed by atoms with E-state index in [0.717, 1.165) is 0 Å². The van der Waals surface area contributed by atoms with Crippen molar-refractivity contribution in [3.63, 3.8) is 0 Å². The first-order valence-corrected chi connectivity index (χ1v) is 12.6. The standard InChI is InChI=1S/C20H18Cl2N2O6S2/c1-29-13-3-7-15(8-4-13)31(25,26)23-17-11-12-18(20(22)19(17)21)24-32(27,28)16-9-5-14(30-2)6-10-16/h3-12,23-24H,1-2H3. The SMILES string of the molecule is COc1ccc(S(=O)(=O)Nc2ccc(NS(=O)(=O)c3ccc(OC)cc3)c(Cl)c2Cl)cc1. The highest BCUT2D eigenvalue weighted by molar-refractivity contribution is 7.93. The molecule has 2 N–H and O–H groups in total.